The second-order valence-electron chi connectivity index (χ2n) is 5.39. The lowest BCUT2D eigenvalue weighted by atomic mass is 9.97. The van der Waals surface area contributed by atoms with E-state index >= 15 is 0 Å². The molecule has 0 saturated carbocycles. The number of nitrogens with one attached hydrogen (secondary N) is 1. The molecule has 0 aliphatic heterocycles. The second kappa shape index (κ2) is 5.54. The molecule has 1 heterocycles. The molecular formula is C20H15N3. The molecule has 0 saturated heterocycles. The van der Waals surface area contributed by atoms with Crippen LogP contribution in [0.5, 0.6) is 0 Å². The molecule has 3 aromatic carbocycles. The molecule has 0 amide bonds. The number of nitrogens with zero attached hydrogens (tertiary/aromatic N) is 2. The average Bonchev–Trinajstić information content (AvgIpc) is 3.11. The minimum Gasteiger partial charge on any atom is -0.197 e. The quantitative estimate of drug-likeness (QED) is 0.596. The number of rotatable bonds is 3. The van der Waals surface area contributed by atoms with Gasteiger partial charge < -0.3 is 0 Å². The van der Waals surface area contributed by atoms with Crippen molar-refractivity contribution in [1.29, 1.82) is 0 Å². The van der Waals surface area contributed by atoms with Gasteiger partial charge in [0.1, 0.15) is 11.4 Å². The Morgan fingerprint density at radius 2 is 1.52 bits per heavy atom. The molecule has 3 nitrogen and oxygen atoms in total. The molecule has 0 unspecified atom stereocenters. The molecule has 4 rings (SSSR count). The summed E-state index contributed by atoms with van der Waals surface area (Å²) in [7, 11) is 0. The monoisotopic (exact) mass is 297 g/mol. The fourth-order valence-electron chi connectivity index (χ4n) is 2.84. The number of benzene rings is 3. The summed E-state index contributed by atoms with van der Waals surface area (Å²) in [5, 5.41) is 13.8. The second-order valence-corrected chi connectivity index (χ2v) is 5.39. The smallest absolute Gasteiger partial charge is 0.121 e. The van der Waals surface area contributed by atoms with Gasteiger partial charge in [0.2, 0.25) is 0 Å². The third kappa shape index (κ3) is 2.32. The van der Waals surface area contributed by atoms with Crippen LogP contribution in [0.25, 0.3) is 27.6 Å². The number of aromatic nitrogens is 3. The molecule has 0 spiro atoms. The molecule has 0 aliphatic rings. The Kier molecular flexibility index (Phi) is 3.24. The van der Waals surface area contributed by atoms with E-state index in [-0.39, 0.29) is 0 Å². The van der Waals surface area contributed by atoms with Crippen LogP contribution < -0.4 is 0 Å². The van der Waals surface area contributed by atoms with Gasteiger partial charge in [-0.2, -0.15) is 15.4 Å². The van der Waals surface area contributed by atoms with Crippen molar-refractivity contribution in [3.05, 3.63) is 90.6 Å². The van der Waals surface area contributed by atoms with Gasteiger partial charge >= 0.3 is 0 Å². The highest BCUT2D eigenvalue weighted by Gasteiger charge is 2.16. The van der Waals surface area contributed by atoms with Crippen LogP contribution in [0.4, 0.5) is 0 Å². The lowest BCUT2D eigenvalue weighted by molar-refractivity contribution is 0.938. The lowest BCUT2D eigenvalue weighted by Crippen LogP contribution is -1.91. The maximum Gasteiger partial charge on any atom is 0.121 e. The van der Waals surface area contributed by atoms with Crippen molar-refractivity contribution in [1.82, 2.24) is 15.4 Å². The lowest BCUT2D eigenvalue weighted by Gasteiger charge is -2.07. The highest BCUT2D eigenvalue weighted by atomic mass is 15.3. The highest BCUT2D eigenvalue weighted by Crippen LogP contribution is 2.32. The summed E-state index contributed by atoms with van der Waals surface area (Å²) in [6, 6.07) is 24.6. The molecule has 1 aromatic heterocycles. The molecule has 0 aliphatic carbocycles. The van der Waals surface area contributed by atoms with Gasteiger partial charge in [0, 0.05) is 11.1 Å². The molecule has 0 atom stereocenters. The van der Waals surface area contributed by atoms with Gasteiger partial charge in [0.05, 0.1) is 0 Å². The molecule has 110 valence electrons. The van der Waals surface area contributed by atoms with Gasteiger partial charge in [-0.05, 0) is 16.3 Å². The van der Waals surface area contributed by atoms with E-state index in [2.05, 4.69) is 46.3 Å². The van der Waals surface area contributed by atoms with E-state index in [1.54, 1.807) is 0 Å². The first-order valence-electron chi connectivity index (χ1n) is 7.48. The summed E-state index contributed by atoms with van der Waals surface area (Å²) >= 11 is 0. The van der Waals surface area contributed by atoms with E-state index in [4.69, 9.17) is 0 Å². The number of hydrogen-bond acceptors (Lipinski definition) is 2. The maximum atomic E-state index is 4.39. The first kappa shape index (κ1) is 13.5. The van der Waals surface area contributed by atoms with E-state index < -0.39 is 0 Å². The predicted molar refractivity (Wildman–Crippen MR) is 93.9 cm³/mol. The largest absolute Gasteiger partial charge is 0.197 e. The summed E-state index contributed by atoms with van der Waals surface area (Å²) in [4.78, 5) is 0. The molecule has 0 fully saturated rings. The van der Waals surface area contributed by atoms with Crippen molar-refractivity contribution in [3.63, 3.8) is 0 Å². The predicted octanol–water partition coefficient (Wildman–Crippen LogP) is 4.69. The van der Waals surface area contributed by atoms with E-state index in [1.165, 1.54) is 5.39 Å². The maximum absolute atomic E-state index is 4.39. The zero-order valence-electron chi connectivity index (χ0n) is 12.5. The zero-order valence-corrected chi connectivity index (χ0v) is 12.5. The first-order valence-corrected chi connectivity index (χ1v) is 7.48. The topological polar surface area (TPSA) is 41.6 Å². The van der Waals surface area contributed by atoms with Crippen LogP contribution in [0.15, 0.2) is 79.4 Å². The normalized spacial score (nSPS) is 10.8. The van der Waals surface area contributed by atoms with Gasteiger partial charge in [-0.25, -0.2) is 0 Å². The SMILES string of the molecule is C=C(c1ccccc1)c1n[nH]nc1-c1cccc2ccccc12. The Labute approximate surface area is 134 Å². The number of fused-ring (bicyclic) bond motifs is 1. The molecule has 3 heteroatoms. The summed E-state index contributed by atoms with van der Waals surface area (Å²) in [5.74, 6) is 0. The van der Waals surface area contributed by atoms with Crippen LogP contribution in [-0.4, -0.2) is 15.4 Å². The fourth-order valence-corrected chi connectivity index (χ4v) is 2.84. The van der Waals surface area contributed by atoms with Crippen LogP contribution in [0.2, 0.25) is 0 Å². The van der Waals surface area contributed by atoms with Crippen molar-refractivity contribution < 1.29 is 0 Å². The van der Waals surface area contributed by atoms with Gasteiger partial charge in [-0.15, -0.1) is 0 Å². The number of hydrogen-bond donors (Lipinski definition) is 1. The standard InChI is InChI=1S/C20H15N3/c1-14(15-8-3-2-4-9-15)19-20(22-23-21-19)18-13-7-11-16-10-5-6-12-17(16)18/h2-13H,1H2,(H,21,22,23). The van der Waals surface area contributed by atoms with E-state index in [0.717, 1.165) is 33.5 Å². The molecule has 1 N–H and O–H groups in total. The molecular weight excluding hydrogens is 282 g/mol. The number of aromatic amines is 1. The number of H-pyrrole nitrogens is 1. The Morgan fingerprint density at radius 1 is 0.783 bits per heavy atom. The summed E-state index contributed by atoms with van der Waals surface area (Å²) in [6.07, 6.45) is 0. The Bertz CT molecular complexity index is 979. The van der Waals surface area contributed by atoms with E-state index in [9.17, 15) is 0 Å². The van der Waals surface area contributed by atoms with E-state index in [0.29, 0.717) is 0 Å². The van der Waals surface area contributed by atoms with Crippen molar-refractivity contribution >= 4 is 16.3 Å². The Balaban J connectivity index is 1.88. The summed E-state index contributed by atoms with van der Waals surface area (Å²) in [6.45, 7) is 4.21. The Hall–Kier alpha value is -3.20. The van der Waals surface area contributed by atoms with Crippen LogP contribution in [0, 0.1) is 0 Å². The van der Waals surface area contributed by atoms with Crippen molar-refractivity contribution in [3.8, 4) is 11.3 Å². The van der Waals surface area contributed by atoms with Gasteiger partial charge in [-0.1, -0.05) is 79.4 Å². The molecule has 0 radical (unpaired) electrons. The first-order chi connectivity index (χ1) is 11.3. The minimum atomic E-state index is 0.785. The van der Waals surface area contributed by atoms with E-state index in [1.807, 2.05) is 48.5 Å². The zero-order chi connectivity index (χ0) is 15.6. The minimum absolute atomic E-state index is 0.785. The third-order valence-electron chi connectivity index (χ3n) is 4.00. The summed E-state index contributed by atoms with van der Waals surface area (Å²) < 4.78 is 0. The summed E-state index contributed by atoms with van der Waals surface area (Å²) in [5.41, 5.74) is 4.58. The van der Waals surface area contributed by atoms with Crippen molar-refractivity contribution in [2.24, 2.45) is 0 Å². The fraction of sp³-hybridized carbons (Fsp3) is 0. The van der Waals surface area contributed by atoms with Gasteiger partial charge in [0.25, 0.3) is 0 Å². The molecule has 0 bridgehead atoms. The third-order valence-corrected chi connectivity index (χ3v) is 4.00. The van der Waals surface area contributed by atoms with Gasteiger partial charge in [0.15, 0.2) is 0 Å². The van der Waals surface area contributed by atoms with Crippen LogP contribution >= 0.6 is 0 Å². The molecule has 4 aromatic rings. The van der Waals surface area contributed by atoms with Crippen molar-refractivity contribution in [2.75, 3.05) is 0 Å². The highest BCUT2D eigenvalue weighted by molar-refractivity contribution is 5.98. The van der Waals surface area contributed by atoms with Gasteiger partial charge in [-0.3, -0.25) is 0 Å². The van der Waals surface area contributed by atoms with Crippen LogP contribution in [-0.2, 0) is 0 Å². The molecule has 23 heavy (non-hydrogen) atoms. The van der Waals surface area contributed by atoms with Crippen molar-refractivity contribution in [2.45, 2.75) is 0 Å². The van der Waals surface area contributed by atoms with Crippen LogP contribution in [0.3, 0.4) is 0 Å². The van der Waals surface area contributed by atoms with Crippen LogP contribution in [0.1, 0.15) is 11.3 Å². The average molecular weight is 297 g/mol. The Morgan fingerprint density at radius 3 is 2.39 bits per heavy atom.